The van der Waals surface area contributed by atoms with Crippen LogP contribution in [0.3, 0.4) is 0 Å². The van der Waals surface area contributed by atoms with E-state index in [0.717, 1.165) is 12.2 Å². The van der Waals surface area contributed by atoms with E-state index in [1.165, 1.54) is 22.3 Å². The second-order valence-corrected chi connectivity index (χ2v) is 5.67. The number of nitrogens with two attached hydrogens (primary N) is 1. The Morgan fingerprint density at radius 3 is 2.24 bits per heavy atom. The summed E-state index contributed by atoms with van der Waals surface area (Å²) < 4.78 is 5.39. The zero-order chi connectivity index (χ0) is 13.2. The first-order chi connectivity index (χ1) is 7.82. The fourth-order valence-corrected chi connectivity index (χ4v) is 2.13. The Morgan fingerprint density at radius 1 is 1.18 bits per heavy atom. The summed E-state index contributed by atoms with van der Waals surface area (Å²) in [4.78, 5) is 0. The molecule has 2 nitrogen and oxygen atoms in total. The van der Waals surface area contributed by atoms with Gasteiger partial charge < -0.3 is 10.5 Å². The molecule has 0 saturated carbocycles. The van der Waals surface area contributed by atoms with Crippen LogP contribution < -0.4 is 10.5 Å². The molecule has 0 fully saturated rings. The van der Waals surface area contributed by atoms with Gasteiger partial charge in [-0.3, -0.25) is 0 Å². The van der Waals surface area contributed by atoms with Crippen LogP contribution in [0.4, 0.5) is 0 Å². The maximum absolute atomic E-state index is 5.82. The molecule has 0 aliphatic rings. The summed E-state index contributed by atoms with van der Waals surface area (Å²) in [6, 6.07) is 2.13. The van der Waals surface area contributed by atoms with Crippen LogP contribution in [-0.2, 0) is 6.42 Å². The van der Waals surface area contributed by atoms with Crippen molar-refractivity contribution in [1.29, 1.82) is 0 Å². The van der Waals surface area contributed by atoms with Gasteiger partial charge in [0.05, 0.1) is 7.11 Å². The maximum Gasteiger partial charge on any atom is 0.122 e. The summed E-state index contributed by atoms with van der Waals surface area (Å²) in [7, 11) is 1.73. The normalized spacial score (nSPS) is 11.7. The Labute approximate surface area is 105 Å². The number of ether oxygens (including phenoxy) is 1. The lowest BCUT2D eigenvalue weighted by molar-refractivity contribution is 0.374. The van der Waals surface area contributed by atoms with Crippen molar-refractivity contribution in [1.82, 2.24) is 0 Å². The van der Waals surface area contributed by atoms with Crippen molar-refractivity contribution in [2.45, 2.75) is 41.0 Å². The average Bonchev–Trinajstić information content (AvgIpc) is 2.29. The van der Waals surface area contributed by atoms with Crippen molar-refractivity contribution < 1.29 is 4.74 Å². The Bertz CT molecular complexity index is 408. The monoisotopic (exact) mass is 235 g/mol. The molecule has 2 heteroatoms. The van der Waals surface area contributed by atoms with E-state index >= 15 is 0 Å². The maximum atomic E-state index is 5.82. The molecule has 0 bridgehead atoms. The quantitative estimate of drug-likeness (QED) is 0.870. The molecule has 1 rings (SSSR count). The lowest BCUT2D eigenvalue weighted by atomic mass is 9.82. The minimum atomic E-state index is 0.149. The standard InChI is InChI=1S/C15H25NO/c1-10-7-14(17-6)12(3)11(2)13(10)8-15(4,5)9-16/h7H,8-9,16H2,1-6H3. The summed E-state index contributed by atoms with van der Waals surface area (Å²) in [6.07, 6.45) is 1.02. The van der Waals surface area contributed by atoms with Crippen LogP contribution in [0.1, 0.15) is 36.1 Å². The van der Waals surface area contributed by atoms with Crippen LogP contribution in [0.2, 0.25) is 0 Å². The molecule has 0 amide bonds. The van der Waals surface area contributed by atoms with Gasteiger partial charge in [-0.25, -0.2) is 0 Å². The third kappa shape index (κ3) is 3.01. The minimum absolute atomic E-state index is 0.149. The van der Waals surface area contributed by atoms with Crippen LogP contribution in [0, 0.1) is 26.2 Å². The molecular weight excluding hydrogens is 210 g/mol. The Morgan fingerprint density at radius 2 is 1.76 bits per heavy atom. The third-order valence-electron chi connectivity index (χ3n) is 3.64. The van der Waals surface area contributed by atoms with Crippen molar-refractivity contribution in [2.75, 3.05) is 13.7 Å². The van der Waals surface area contributed by atoms with E-state index < -0.39 is 0 Å². The van der Waals surface area contributed by atoms with E-state index in [1.807, 2.05) is 0 Å². The fourth-order valence-electron chi connectivity index (χ4n) is 2.13. The zero-order valence-electron chi connectivity index (χ0n) is 12.0. The number of rotatable bonds is 4. The van der Waals surface area contributed by atoms with Gasteiger partial charge in [-0.2, -0.15) is 0 Å². The van der Waals surface area contributed by atoms with E-state index in [1.54, 1.807) is 7.11 Å². The summed E-state index contributed by atoms with van der Waals surface area (Å²) in [6.45, 7) is 11.6. The van der Waals surface area contributed by atoms with Crippen molar-refractivity contribution in [3.8, 4) is 5.75 Å². The molecule has 17 heavy (non-hydrogen) atoms. The molecule has 0 atom stereocenters. The molecule has 0 aliphatic carbocycles. The first-order valence-corrected chi connectivity index (χ1v) is 6.16. The lowest BCUT2D eigenvalue weighted by Crippen LogP contribution is -2.26. The van der Waals surface area contributed by atoms with Crippen molar-refractivity contribution >= 4 is 0 Å². The Hall–Kier alpha value is -1.02. The van der Waals surface area contributed by atoms with Gasteiger partial charge >= 0.3 is 0 Å². The fraction of sp³-hybridized carbons (Fsp3) is 0.600. The van der Waals surface area contributed by atoms with Gasteiger partial charge in [0.1, 0.15) is 5.75 Å². The first kappa shape index (κ1) is 14.0. The molecule has 0 aromatic heterocycles. The van der Waals surface area contributed by atoms with Gasteiger partial charge in [-0.05, 0) is 67.5 Å². The van der Waals surface area contributed by atoms with Gasteiger partial charge in [0.25, 0.3) is 0 Å². The highest BCUT2D eigenvalue weighted by atomic mass is 16.5. The molecule has 1 aromatic carbocycles. The van der Waals surface area contributed by atoms with E-state index in [-0.39, 0.29) is 5.41 Å². The van der Waals surface area contributed by atoms with Crippen molar-refractivity contribution in [2.24, 2.45) is 11.1 Å². The number of aryl methyl sites for hydroxylation is 1. The predicted octanol–water partition coefficient (Wildman–Crippen LogP) is 3.15. The molecule has 0 aliphatic heterocycles. The predicted molar refractivity (Wildman–Crippen MR) is 73.7 cm³/mol. The molecule has 0 heterocycles. The summed E-state index contributed by atoms with van der Waals surface area (Å²) in [5.74, 6) is 0.981. The lowest BCUT2D eigenvalue weighted by Gasteiger charge is -2.26. The van der Waals surface area contributed by atoms with E-state index in [4.69, 9.17) is 10.5 Å². The van der Waals surface area contributed by atoms with Gasteiger partial charge in [0, 0.05) is 0 Å². The number of benzene rings is 1. The van der Waals surface area contributed by atoms with Gasteiger partial charge in [0.2, 0.25) is 0 Å². The molecule has 0 spiro atoms. The van der Waals surface area contributed by atoms with Crippen LogP contribution in [-0.4, -0.2) is 13.7 Å². The molecule has 1 aromatic rings. The molecule has 0 unspecified atom stereocenters. The highest BCUT2D eigenvalue weighted by Crippen LogP contribution is 2.31. The van der Waals surface area contributed by atoms with E-state index in [0.29, 0.717) is 6.54 Å². The zero-order valence-corrected chi connectivity index (χ0v) is 12.0. The number of hydrogen-bond donors (Lipinski definition) is 1. The highest BCUT2D eigenvalue weighted by Gasteiger charge is 2.20. The van der Waals surface area contributed by atoms with Crippen LogP contribution in [0.15, 0.2) is 6.07 Å². The van der Waals surface area contributed by atoms with Crippen LogP contribution in [0.5, 0.6) is 5.75 Å². The van der Waals surface area contributed by atoms with Crippen LogP contribution >= 0.6 is 0 Å². The SMILES string of the molecule is COc1cc(C)c(CC(C)(C)CN)c(C)c1C. The third-order valence-corrected chi connectivity index (χ3v) is 3.64. The molecular formula is C15H25NO. The van der Waals surface area contributed by atoms with E-state index in [9.17, 15) is 0 Å². The molecule has 0 saturated heterocycles. The Kier molecular flexibility index (Phi) is 4.21. The summed E-state index contributed by atoms with van der Waals surface area (Å²) in [5, 5.41) is 0. The Balaban J connectivity index is 3.22. The molecule has 0 radical (unpaired) electrons. The number of methoxy groups -OCH3 is 1. The van der Waals surface area contributed by atoms with E-state index in [2.05, 4.69) is 40.7 Å². The topological polar surface area (TPSA) is 35.2 Å². The van der Waals surface area contributed by atoms with Crippen LogP contribution in [0.25, 0.3) is 0 Å². The van der Waals surface area contributed by atoms with Gasteiger partial charge in [-0.1, -0.05) is 13.8 Å². The largest absolute Gasteiger partial charge is 0.496 e. The summed E-state index contributed by atoms with van der Waals surface area (Å²) >= 11 is 0. The number of hydrogen-bond acceptors (Lipinski definition) is 2. The summed E-state index contributed by atoms with van der Waals surface area (Å²) in [5.41, 5.74) is 11.3. The second-order valence-electron chi connectivity index (χ2n) is 5.67. The molecule has 2 N–H and O–H groups in total. The van der Waals surface area contributed by atoms with Gasteiger partial charge in [-0.15, -0.1) is 0 Å². The van der Waals surface area contributed by atoms with Gasteiger partial charge in [0.15, 0.2) is 0 Å². The van der Waals surface area contributed by atoms with Crippen molar-refractivity contribution in [3.63, 3.8) is 0 Å². The van der Waals surface area contributed by atoms with Crippen molar-refractivity contribution in [3.05, 3.63) is 28.3 Å². The highest BCUT2D eigenvalue weighted by molar-refractivity contribution is 5.48. The average molecular weight is 235 g/mol. The smallest absolute Gasteiger partial charge is 0.122 e. The first-order valence-electron chi connectivity index (χ1n) is 6.16. The molecule has 96 valence electrons. The second kappa shape index (κ2) is 5.09. The minimum Gasteiger partial charge on any atom is -0.496 e.